The molecule has 7 heteroatoms. The van der Waals surface area contributed by atoms with E-state index in [0.29, 0.717) is 25.2 Å². The van der Waals surface area contributed by atoms with Crippen LogP contribution in [0, 0.1) is 0 Å². The summed E-state index contributed by atoms with van der Waals surface area (Å²) >= 11 is 0. The molecule has 3 aliphatic heterocycles. The van der Waals surface area contributed by atoms with Crippen molar-refractivity contribution in [3.63, 3.8) is 0 Å². The number of piperazine rings is 1. The number of likely N-dealkylation sites (tertiary alicyclic amines) is 1. The Balaban J connectivity index is 1.34. The van der Waals surface area contributed by atoms with E-state index in [1.165, 1.54) is 5.56 Å². The number of rotatable bonds is 3. The van der Waals surface area contributed by atoms with Gasteiger partial charge in [-0.2, -0.15) is 0 Å². The predicted octanol–water partition coefficient (Wildman–Crippen LogP) is 0.622. The Morgan fingerprint density at radius 3 is 2.61 bits per heavy atom. The second-order valence-electron chi connectivity index (χ2n) is 8.35. The molecule has 5 heterocycles. The number of carbonyl (C=O) groups is 1. The topological polar surface area (TPSA) is 72.8 Å². The number of aliphatic hydroxyl groups is 1. The van der Waals surface area contributed by atoms with Crippen LogP contribution in [0.25, 0.3) is 0 Å². The van der Waals surface area contributed by atoms with Gasteiger partial charge in [0.25, 0.3) is 5.91 Å². The number of fused-ring (bicyclic) bond motifs is 2. The highest BCUT2D eigenvalue weighted by molar-refractivity contribution is 5.94. The van der Waals surface area contributed by atoms with Crippen molar-refractivity contribution in [2.75, 3.05) is 32.7 Å². The zero-order chi connectivity index (χ0) is 19.1. The molecule has 146 valence electrons. The minimum absolute atomic E-state index is 0.0409. The highest BCUT2D eigenvalue weighted by Gasteiger charge is 2.56. The fraction of sp³-hybridized carbons (Fsp3) is 0.476. The normalized spacial score (nSPS) is 26.8. The first-order chi connectivity index (χ1) is 13.6. The lowest BCUT2D eigenvalue weighted by atomic mass is 9.83. The molecule has 1 spiro atoms. The van der Waals surface area contributed by atoms with Crippen LogP contribution in [0.5, 0.6) is 0 Å². The van der Waals surface area contributed by atoms with E-state index < -0.39 is 0 Å². The summed E-state index contributed by atoms with van der Waals surface area (Å²) in [6, 6.07) is 7.92. The summed E-state index contributed by atoms with van der Waals surface area (Å²) in [5, 5.41) is 10.3. The van der Waals surface area contributed by atoms with Crippen molar-refractivity contribution in [2.45, 2.75) is 30.7 Å². The molecule has 28 heavy (non-hydrogen) atoms. The van der Waals surface area contributed by atoms with Gasteiger partial charge >= 0.3 is 0 Å². The SMILES string of the molecule is O=C(c1cccnc1)N1C[C@H]2C[C@@H](O)CN2C2(CN(Cc3cccnc3)C2)C1. The van der Waals surface area contributed by atoms with Gasteiger partial charge in [0.1, 0.15) is 0 Å². The first kappa shape index (κ1) is 17.7. The van der Waals surface area contributed by atoms with Crippen molar-refractivity contribution >= 4 is 5.91 Å². The summed E-state index contributed by atoms with van der Waals surface area (Å²) in [4.78, 5) is 28.2. The van der Waals surface area contributed by atoms with E-state index in [1.54, 1.807) is 24.7 Å². The number of hydrogen-bond donors (Lipinski definition) is 1. The van der Waals surface area contributed by atoms with Gasteiger partial charge in [-0.3, -0.25) is 24.6 Å². The molecule has 0 saturated carbocycles. The summed E-state index contributed by atoms with van der Waals surface area (Å²) in [6.45, 7) is 4.76. The lowest BCUT2D eigenvalue weighted by Gasteiger charge is -2.61. The lowest BCUT2D eigenvalue weighted by Crippen LogP contribution is -2.78. The van der Waals surface area contributed by atoms with Gasteiger partial charge in [-0.25, -0.2) is 0 Å². The standard InChI is InChI=1S/C21H25N5O2/c27-19-7-18-11-25(20(28)17-4-2-6-23-9-17)15-21(26(18)12-19)13-24(14-21)10-16-3-1-5-22-8-16/h1-6,8-9,18-19,27H,7,10-15H2/t18-,19-/m1/s1. The highest BCUT2D eigenvalue weighted by atomic mass is 16.3. The van der Waals surface area contributed by atoms with Gasteiger partial charge in [0.15, 0.2) is 0 Å². The van der Waals surface area contributed by atoms with E-state index in [0.717, 1.165) is 26.1 Å². The molecule has 1 amide bonds. The number of aromatic nitrogens is 2. The van der Waals surface area contributed by atoms with E-state index >= 15 is 0 Å². The lowest BCUT2D eigenvalue weighted by molar-refractivity contribution is -0.108. The summed E-state index contributed by atoms with van der Waals surface area (Å²) in [6.07, 6.45) is 7.46. The Morgan fingerprint density at radius 2 is 1.89 bits per heavy atom. The molecule has 7 nitrogen and oxygen atoms in total. The molecule has 2 atom stereocenters. The van der Waals surface area contributed by atoms with Crippen molar-refractivity contribution in [1.82, 2.24) is 24.7 Å². The van der Waals surface area contributed by atoms with E-state index in [-0.39, 0.29) is 23.6 Å². The third-order valence-electron chi connectivity index (χ3n) is 6.28. The summed E-state index contributed by atoms with van der Waals surface area (Å²) in [5.41, 5.74) is 1.77. The Bertz CT molecular complexity index is 840. The van der Waals surface area contributed by atoms with E-state index in [1.807, 2.05) is 23.2 Å². The molecule has 0 aromatic carbocycles. The quantitative estimate of drug-likeness (QED) is 0.843. The average molecular weight is 379 g/mol. The Hall–Kier alpha value is -2.35. The monoisotopic (exact) mass is 379 g/mol. The zero-order valence-corrected chi connectivity index (χ0v) is 15.8. The van der Waals surface area contributed by atoms with Crippen LogP contribution >= 0.6 is 0 Å². The van der Waals surface area contributed by atoms with Crippen LogP contribution in [0.3, 0.4) is 0 Å². The van der Waals surface area contributed by atoms with Crippen LogP contribution in [0.15, 0.2) is 49.1 Å². The van der Waals surface area contributed by atoms with Crippen LogP contribution < -0.4 is 0 Å². The maximum absolute atomic E-state index is 13.1. The number of amides is 1. The molecule has 3 aliphatic rings. The molecule has 0 radical (unpaired) electrons. The minimum atomic E-state index is -0.303. The van der Waals surface area contributed by atoms with Crippen molar-refractivity contribution in [2.24, 2.45) is 0 Å². The molecule has 2 aromatic heterocycles. The van der Waals surface area contributed by atoms with Crippen LogP contribution in [0.2, 0.25) is 0 Å². The maximum Gasteiger partial charge on any atom is 0.255 e. The van der Waals surface area contributed by atoms with Gasteiger partial charge in [-0.15, -0.1) is 0 Å². The average Bonchev–Trinajstić information content (AvgIpc) is 3.08. The molecule has 2 aromatic rings. The van der Waals surface area contributed by atoms with Crippen molar-refractivity contribution in [1.29, 1.82) is 0 Å². The van der Waals surface area contributed by atoms with Gasteiger partial charge in [0.05, 0.1) is 17.2 Å². The van der Waals surface area contributed by atoms with E-state index in [4.69, 9.17) is 0 Å². The van der Waals surface area contributed by atoms with Crippen LogP contribution in [0.1, 0.15) is 22.3 Å². The Kier molecular flexibility index (Phi) is 4.38. The van der Waals surface area contributed by atoms with E-state index in [2.05, 4.69) is 25.8 Å². The summed E-state index contributed by atoms with van der Waals surface area (Å²) < 4.78 is 0. The van der Waals surface area contributed by atoms with Gasteiger partial charge in [-0.05, 0) is 30.2 Å². The second kappa shape index (κ2) is 6.92. The third-order valence-corrected chi connectivity index (χ3v) is 6.28. The summed E-state index contributed by atoms with van der Waals surface area (Å²) in [7, 11) is 0. The molecule has 1 N–H and O–H groups in total. The number of hydrogen-bond acceptors (Lipinski definition) is 6. The van der Waals surface area contributed by atoms with Crippen LogP contribution in [-0.4, -0.2) is 86.1 Å². The van der Waals surface area contributed by atoms with Crippen LogP contribution in [-0.2, 0) is 6.54 Å². The number of nitrogens with zero attached hydrogens (tertiary/aromatic N) is 5. The summed E-state index contributed by atoms with van der Waals surface area (Å²) in [5.74, 6) is 0.0409. The van der Waals surface area contributed by atoms with Crippen LogP contribution in [0.4, 0.5) is 0 Å². The highest BCUT2D eigenvalue weighted by Crippen LogP contribution is 2.39. The largest absolute Gasteiger partial charge is 0.392 e. The number of pyridine rings is 2. The second-order valence-corrected chi connectivity index (χ2v) is 8.35. The fourth-order valence-corrected chi connectivity index (χ4v) is 5.17. The third kappa shape index (κ3) is 3.09. The Morgan fingerprint density at radius 1 is 1.11 bits per heavy atom. The van der Waals surface area contributed by atoms with Crippen molar-refractivity contribution < 1.29 is 9.90 Å². The number of β-amino-alcohol motifs (C(OH)–C–C–N with tert-alkyl or cyclic N) is 1. The van der Waals surface area contributed by atoms with Gasteiger partial charge in [0.2, 0.25) is 0 Å². The van der Waals surface area contributed by atoms with Gasteiger partial charge in [0, 0.05) is 70.1 Å². The minimum Gasteiger partial charge on any atom is -0.392 e. The molecule has 5 rings (SSSR count). The molecule has 0 bridgehead atoms. The predicted molar refractivity (Wildman–Crippen MR) is 104 cm³/mol. The van der Waals surface area contributed by atoms with Crippen molar-refractivity contribution in [3.8, 4) is 0 Å². The molecule has 3 fully saturated rings. The fourth-order valence-electron chi connectivity index (χ4n) is 5.17. The Labute approximate surface area is 164 Å². The molecule has 0 aliphatic carbocycles. The number of aliphatic hydroxyl groups excluding tert-OH is 1. The molecular formula is C21H25N5O2. The smallest absolute Gasteiger partial charge is 0.255 e. The van der Waals surface area contributed by atoms with E-state index in [9.17, 15) is 9.90 Å². The van der Waals surface area contributed by atoms with Gasteiger partial charge < -0.3 is 10.0 Å². The molecular weight excluding hydrogens is 354 g/mol. The molecule has 0 unspecified atom stereocenters. The number of carbonyl (C=O) groups excluding carboxylic acids is 1. The maximum atomic E-state index is 13.1. The van der Waals surface area contributed by atoms with Gasteiger partial charge in [-0.1, -0.05) is 6.07 Å². The zero-order valence-electron chi connectivity index (χ0n) is 15.8. The molecule has 3 saturated heterocycles. The van der Waals surface area contributed by atoms with Crippen molar-refractivity contribution in [3.05, 3.63) is 60.2 Å². The first-order valence-electron chi connectivity index (χ1n) is 9.88. The first-order valence-corrected chi connectivity index (χ1v) is 9.88.